The lowest BCUT2D eigenvalue weighted by Crippen LogP contribution is -2.39. The molecule has 0 radical (unpaired) electrons. The molecule has 0 aliphatic carbocycles. The number of fused-ring (bicyclic) bond motifs is 1. The van der Waals surface area contributed by atoms with Gasteiger partial charge in [0.25, 0.3) is 0 Å². The molecule has 4 aromatic rings. The first-order valence-electron chi connectivity index (χ1n) is 10.5. The van der Waals surface area contributed by atoms with Gasteiger partial charge in [0.05, 0.1) is 35.7 Å². The number of rotatable bonds is 5. The van der Waals surface area contributed by atoms with Crippen molar-refractivity contribution >= 4 is 32.5 Å². The highest BCUT2D eigenvalue weighted by molar-refractivity contribution is 7.88. The minimum Gasteiger partial charge on any atom is -0.303 e. The summed E-state index contributed by atoms with van der Waals surface area (Å²) in [6.07, 6.45) is 2.59. The Morgan fingerprint density at radius 3 is 2.41 bits per heavy atom. The van der Waals surface area contributed by atoms with Crippen molar-refractivity contribution in [2.45, 2.75) is 18.5 Å². The summed E-state index contributed by atoms with van der Waals surface area (Å²) in [5.41, 5.74) is 2.43. The molecule has 1 fully saturated rings. The molecule has 2 atom stereocenters. The van der Waals surface area contributed by atoms with Crippen LogP contribution >= 0.6 is 0 Å². The Morgan fingerprint density at radius 2 is 1.71 bits per heavy atom. The van der Waals surface area contributed by atoms with Gasteiger partial charge < -0.3 is 4.90 Å². The molecule has 0 spiro atoms. The number of hydrogen-bond acceptors (Lipinski definition) is 4. The topological polar surface area (TPSA) is 84.3 Å². The first-order chi connectivity index (χ1) is 16.2. The highest BCUT2D eigenvalue weighted by Gasteiger charge is 2.43. The first-order valence-corrected chi connectivity index (χ1v) is 12.4. The van der Waals surface area contributed by atoms with Crippen molar-refractivity contribution in [3.8, 4) is 5.69 Å². The quantitative estimate of drug-likeness (QED) is 0.470. The number of benzene rings is 3. The second-order valence-corrected chi connectivity index (χ2v) is 10.0. The fraction of sp³-hybridized carbons (Fsp3) is 0.167. The summed E-state index contributed by atoms with van der Waals surface area (Å²) in [6.45, 7) is 0. The predicted octanol–water partition coefficient (Wildman–Crippen LogP) is 3.70. The van der Waals surface area contributed by atoms with Gasteiger partial charge in [0.2, 0.25) is 15.9 Å². The third-order valence-electron chi connectivity index (χ3n) is 5.78. The first kappa shape index (κ1) is 22.2. The highest BCUT2D eigenvalue weighted by atomic mass is 32.2. The highest BCUT2D eigenvalue weighted by Crippen LogP contribution is 2.39. The van der Waals surface area contributed by atoms with E-state index in [1.165, 1.54) is 35.2 Å². The molecule has 1 N–H and O–H groups in total. The molecule has 2 unspecified atom stereocenters. The zero-order chi connectivity index (χ0) is 24.0. The largest absolute Gasteiger partial charge is 0.303 e. The number of aromatic nitrogens is 2. The van der Waals surface area contributed by atoms with Crippen LogP contribution in [0.2, 0.25) is 0 Å². The minimum absolute atomic E-state index is 0.0683. The summed E-state index contributed by atoms with van der Waals surface area (Å²) in [7, 11) is -3.62. The maximum atomic E-state index is 14.0. The lowest BCUT2D eigenvalue weighted by atomic mass is 10.00. The van der Waals surface area contributed by atoms with Crippen LogP contribution < -0.4 is 9.62 Å². The molecule has 174 valence electrons. The molecule has 1 aliphatic heterocycles. The Balaban J connectivity index is 1.58. The zero-order valence-corrected chi connectivity index (χ0v) is 18.8. The summed E-state index contributed by atoms with van der Waals surface area (Å²) in [5, 5.41) is 5.11. The Bertz CT molecular complexity index is 1500. The van der Waals surface area contributed by atoms with Crippen molar-refractivity contribution in [3.05, 3.63) is 90.1 Å². The van der Waals surface area contributed by atoms with Gasteiger partial charge in [-0.3, -0.25) is 4.79 Å². The van der Waals surface area contributed by atoms with Crippen LogP contribution in [0.25, 0.3) is 16.6 Å². The summed E-state index contributed by atoms with van der Waals surface area (Å²) in [4.78, 5) is 14.6. The Hall–Kier alpha value is -3.63. The van der Waals surface area contributed by atoms with Crippen molar-refractivity contribution in [2.24, 2.45) is 0 Å². The number of amides is 1. The molecule has 1 amide bonds. The molecule has 0 saturated carbocycles. The molecule has 7 nitrogen and oxygen atoms in total. The van der Waals surface area contributed by atoms with Gasteiger partial charge >= 0.3 is 0 Å². The average Bonchev–Trinajstić information content (AvgIpc) is 3.33. The number of nitrogens with one attached hydrogen (secondary N) is 1. The molecule has 1 aromatic heterocycles. The van der Waals surface area contributed by atoms with Crippen molar-refractivity contribution in [2.75, 3.05) is 11.2 Å². The number of sulfonamides is 1. The van der Waals surface area contributed by atoms with Crippen molar-refractivity contribution in [1.82, 2.24) is 14.5 Å². The summed E-state index contributed by atoms with van der Waals surface area (Å²) >= 11 is 0. The van der Waals surface area contributed by atoms with E-state index in [2.05, 4.69) is 9.82 Å². The maximum absolute atomic E-state index is 14.0. The standard InChI is InChI=1S/C24H20F2N4O3S/c1-34(32,33)28-21-13-23(31)29(24(21)15-3-2-4-18(26)11-15)20-9-10-22-16(12-20)14-27-30(22)19-7-5-17(25)6-8-19/h2-12,14,21,24,28H,13H2,1H3. The fourth-order valence-electron chi connectivity index (χ4n) is 4.45. The van der Waals surface area contributed by atoms with Crippen LogP contribution in [0.3, 0.4) is 0 Å². The minimum atomic E-state index is -3.62. The molecule has 5 rings (SSSR count). The van der Waals surface area contributed by atoms with E-state index in [0.29, 0.717) is 16.9 Å². The maximum Gasteiger partial charge on any atom is 0.229 e. The second-order valence-electron chi connectivity index (χ2n) is 8.24. The lowest BCUT2D eigenvalue weighted by molar-refractivity contribution is -0.117. The number of carbonyl (C=O) groups is 1. The molecule has 2 heterocycles. The zero-order valence-electron chi connectivity index (χ0n) is 18.0. The van der Waals surface area contributed by atoms with Crippen LogP contribution in [0, 0.1) is 11.6 Å². The van der Waals surface area contributed by atoms with E-state index >= 15 is 0 Å². The van der Waals surface area contributed by atoms with Crippen molar-refractivity contribution < 1.29 is 22.0 Å². The predicted molar refractivity (Wildman–Crippen MR) is 124 cm³/mol. The summed E-state index contributed by atoms with van der Waals surface area (Å²) < 4.78 is 55.4. The third kappa shape index (κ3) is 4.17. The summed E-state index contributed by atoms with van der Waals surface area (Å²) in [6, 6.07) is 15.5. The smallest absolute Gasteiger partial charge is 0.229 e. The molecule has 1 saturated heterocycles. The van der Waals surface area contributed by atoms with E-state index in [1.54, 1.807) is 47.3 Å². The molecule has 0 bridgehead atoms. The van der Waals surface area contributed by atoms with Gasteiger partial charge in [0.1, 0.15) is 11.6 Å². The van der Waals surface area contributed by atoms with Gasteiger partial charge in [-0.2, -0.15) is 5.10 Å². The summed E-state index contributed by atoms with van der Waals surface area (Å²) in [5.74, 6) is -1.12. The van der Waals surface area contributed by atoms with E-state index in [0.717, 1.165) is 17.2 Å². The van der Waals surface area contributed by atoms with Crippen LogP contribution in [0.5, 0.6) is 0 Å². The number of nitrogens with zero attached hydrogens (tertiary/aromatic N) is 3. The van der Waals surface area contributed by atoms with Crippen LogP contribution in [-0.2, 0) is 14.8 Å². The van der Waals surface area contributed by atoms with Crippen LogP contribution in [-0.4, -0.2) is 36.4 Å². The van der Waals surface area contributed by atoms with Gasteiger partial charge in [-0.15, -0.1) is 0 Å². The number of halogens is 2. The van der Waals surface area contributed by atoms with Gasteiger partial charge in [-0.05, 0) is 60.2 Å². The number of hydrogen-bond donors (Lipinski definition) is 1. The number of anilines is 1. The Morgan fingerprint density at radius 1 is 0.971 bits per heavy atom. The van der Waals surface area contributed by atoms with Crippen molar-refractivity contribution in [1.29, 1.82) is 0 Å². The number of carbonyl (C=O) groups excluding carboxylic acids is 1. The molecule has 34 heavy (non-hydrogen) atoms. The van der Waals surface area contributed by atoms with Gasteiger partial charge in [0.15, 0.2) is 0 Å². The van der Waals surface area contributed by atoms with Crippen molar-refractivity contribution in [3.63, 3.8) is 0 Å². The van der Waals surface area contributed by atoms with Crippen LogP contribution in [0.4, 0.5) is 14.5 Å². The molecule has 10 heteroatoms. The van der Waals surface area contributed by atoms with E-state index in [9.17, 15) is 22.0 Å². The lowest BCUT2D eigenvalue weighted by Gasteiger charge is -2.29. The van der Waals surface area contributed by atoms with E-state index in [1.807, 2.05) is 0 Å². The van der Waals surface area contributed by atoms with Gasteiger partial charge in [0, 0.05) is 17.5 Å². The SMILES string of the molecule is CS(=O)(=O)NC1CC(=O)N(c2ccc3c(cnn3-c3ccc(F)cc3)c2)C1c1cccc(F)c1. The average molecular weight is 483 g/mol. The van der Waals surface area contributed by atoms with E-state index in [4.69, 9.17) is 0 Å². The Labute approximate surface area is 194 Å². The third-order valence-corrected chi connectivity index (χ3v) is 6.51. The monoisotopic (exact) mass is 482 g/mol. The van der Waals surface area contributed by atoms with Crippen LogP contribution in [0.1, 0.15) is 18.0 Å². The fourth-order valence-corrected chi connectivity index (χ4v) is 5.21. The van der Waals surface area contributed by atoms with E-state index in [-0.39, 0.29) is 18.1 Å². The van der Waals surface area contributed by atoms with E-state index < -0.39 is 27.9 Å². The van der Waals surface area contributed by atoms with Gasteiger partial charge in [-0.25, -0.2) is 26.6 Å². The Kier molecular flexibility index (Phi) is 5.41. The molecule has 1 aliphatic rings. The van der Waals surface area contributed by atoms with Gasteiger partial charge in [-0.1, -0.05) is 12.1 Å². The molecule has 3 aromatic carbocycles. The van der Waals surface area contributed by atoms with Crippen LogP contribution in [0.15, 0.2) is 72.9 Å². The second kappa shape index (κ2) is 8.30. The molecular formula is C24H20F2N4O3S. The molecular weight excluding hydrogens is 462 g/mol. The normalized spacial score (nSPS) is 18.7.